The van der Waals surface area contributed by atoms with Gasteiger partial charge in [0.05, 0.1) is 11.4 Å². The van der Waals surface area contributed by atoms with Gasteiger partial charge in [0, 0.05) is 12.7 Å². The zero-order valence-corrected chi connectivity index (χ0v) is 16.2. The number of sulfonamides is 1. The van der Waals surface area contributed by atoms with E-state index in [2.05, 4.69) is 5.32 Å². The number of benzene rings is 2. The van der Waals surface area contributed by atoms with Crippen LogP contribution in [0.4, 0.5) is 5.69 Å². The molecule has 2 aromatic rings. The van der Waals surface area contributed by atoms with Crippen LogP contribution in [-0.4, -0.2) is 32.2 Å². The largest absolute Gasteiger partial charge is 0.325 e. The molecule has 1 amide bonds. The Morgan fingerprint density at radius 1 is 1.04 bits per heavy atom. The smallest absolute Gasteiger partial charge is 0.243 e. The van der Waals surface area contributed by atoms with Crippen molar-refractivity contribution in [2.75, 3.05) is 18.9 Å². The van der Waals surface area contributed by atoms with Crippen LogP contribution in [0.1, 0.15) is 28.7 Å². The first-order valence-electron chi connectivity index (χ1n) is 8.72. The summed E-state index contributed by atoms with van der Waals surface area (Å²) in [5.41, 5.74) is 5.24. The Morgan fingerprint density at radius 2 is 1.77 bits per heavy atom. The first-order valence-corrected chi connectivity index (χ1v) is 10.2. The zero-order valence-electron chi connectivity index (χ0n) is 15.4. The van der Waals surface area contributed by atoms with Gasteiger partial charge in [-0.3, -0.25) is 4.79 Å². The summed E-state index contributed by atoms with van der Waals surface area (Å²) in [5, 5.41) is 2.80. The molecule has 0 radical (unpaired) electrons. The van der Waals surface area contributed by atoms with Gasteiger partial charge in [-0.15, -0.1) is 0 Å². The fourth-order valence-electron chi connectivity index (χ4n) is 3.19. The molecule has 0 bridgehead atoms. The lowest BCUT2D eigenvalue weighted by atomic mass is 10.1. The van der Waals surface area contributed by atoms with Gasteiger partial charge >= 0.3 is 0 Å². The van der Waals surface area contributed by atoms with E-state index in [-0.39, 0.29) is 17.3 Å². The summed E-state index contributed by atoms with van der Waals surface area (Å²) in [5.74, 6) is -0.349. The molecular formula is C20H24N2O3S. The van der Waals surface area contributed by atoms with E-state index >= 15 is 0 Å². The summed E-state index contributed by atoms with van der Waals surface area (Å²) in [6, 6.07) is 10.9. The van der Waals surface area contributed by atoms with Crippen LogP contribution < -0.4 is 5.32 Å². The first-order chi connectivity index (χ1) is 12.3. The molecule has 0 atom stereocenters. The van der Waals surface area contributed by atoms with Crippen molar-refractivity contribution < 1.29 is 13.2 Å². The van der Waals surface area contributed by atoms with E-state index < -0.39 is 10.0 Å². The average molecular weight is 372 g/mol. The summed E-state index contributed by atoms with van der Waals surface area (Å²) in [7, 11) is -2.28. The summed E-state index contributed by atoms with van der Waals surface area (Å²) in [6.07, 6.45) is 3.25. The Hall–Kier alpha value is -2.18. The number of hydrogen-bond donors (Lipinski definition) is 1. The molecule has 1 aliphatic rings. The number of hydrogen-bond acceptors (Lipinski definition) is 3. The van der Waals surface area contributed by atoms with Gasteiger partial charge in [-0.1, -0.05) is 12.1 Å². The molecule has 26 heavy (non-hydrogen) atoms. The van der Waals surface area contributed by atoms with Crippen molar-refractivity contribution in [2.24, 2.45) is 0 Å². The number of carbonyl (C=O) groups excluding carboxylic acids is 1. The normalized spacial score (nSPS) is 13.7. The van der Waals surface area contributed by atoms with E-state index in [1.54, 1.807) is 18.2 Å². The third-order valence-corrected chi connectivity index (χ3v) is 6.73. The molecule has 5 nitrogen and oxygen atoms in total. The van der Waals surface area contributed by atoms with Gasteiger partial charge in [-0.2, -0.15) is 4.31 Å². The molecule has 1 aliphatic carbocycles. The highest BCUT2D eigenvalue weighted by Gasteiger charge is 2.23. The minimum atomic E-state index is -3.70. The number of amides is 1. The minimum Gasteiger partial charge on any atom is -0.325 e. The number of nitrogens with zero attached hydrogens (tertiary/aromatic N) is 1. The highest BCUT2D eigenvalue weighted by Crippen LogP contribution is 2.25. The van der Waals surface area contributed by atoms with Crippen molar-refractivity contribution in [3.63, 3.8) is 0 Å². The van der Waals surface area contributed by atoms with Gasteiger partial charge in [0.15, 0.2) is 0 Å². The molecule has 0 spiro atoms. The van der Waals surface area contributed by atoms with Gasteiger partial charge in [-0.05, 0) is 79.6 Å². The summed E-state index contributed by atoms with van der Waals surface area (Å²) in [6.45, 7) is 3.57. The number of carbonyl (C=O) groups is 1. The van der Waals surface area contributed by atoms with Gasteiger partial charge < -0.3 is 5.32 Å². The molecule has 0 aliphatic heterocycles. The fraction of sp³-hybridized carbons (Fsp3) is 0.350. The van der Waals surface area contributed by atoms with E-state index in [1.807, 2.05) is 32.0 Å². The topological polar surface area (TPSA) is 66.5 Å². The van der Waals surface area contributed by atoms with Crippen LogP contribution in [0.15, 0.2) is 41.3 Å². The van der Waals surface area contributed by atoms with Gasteiger partial charge in [0.1, 0.15) is 0 Å². The van der Waals surface area contributed by atoms with Crippen LogP contribution in [0.25, 0.3) is 0 Å². The lowest BCUT2D eigenvalue weighted by molar-refractivity contribution is -0.116. The predicted molar refractivity (Wildman–Crippen MR) is 103 cm³/mol. The third kappa shape index (κ3) is 3.81. The summed E-state index contributed by atoms with van der Waals surface area (Å²) in [4.78, 5) is 12.5. The Bertz CT molecular complexity index is 952. The second-order valence-electron chi connectivity index (χ2n) is 6.89. The van der Waals surface area contributed by atoms with Gasteiger partial charge in [0.25, 0.3) is 0 Å². The zero-order chi connectivity index (χ0) is 18.9. The van der Waals surface area contributed by atoms with Crippen molar-refractivity contribution in [2.45, 2.75) is 38.0 Å². The quantitative estimate of drug-likeness (QED) is 0.877. The monoisotopic (exact) mass is 372 g/mol. The Labute approximate surface area is 155 Å². The highest BCUT2D eigenvalue weighted by atomic mass is 32.2. The van der Waals surface area contributed by atoms with E-state index in [1.165, 1.54) is 18.2 Å². The van der Waals surface area contributed by atoms with Crippen molar-refractivity contribution in [3.05, 3.63) is 58.7 Å². The average Bonchev–Trinajstić information content (AvgIpc) is 3.04. The molecule has 0 heterocycles. The Balaban J connectivity index is 1.69. The van der Waals surface area contributed by atoms with Crippen molar-refractivity contribution in [1.29, 1.82) is 0 Å². The van der Waals surface area contributed by atoms with Crippen LogP contribution >= 0.6 is 0 Å². The molecule has 2 aromatic carbocycles. The molecule has 1 N–H and O–H groups in total. The SMILES string of the molecule is Cc1ccc(S(=O)(=O)N(C)CC(=O)Nc2ccc3c(c2)CCC3)cc1C. The molecule has 0 unspecified atom stereocenters. The molecule has 0 aromatic heterocycles. The Morgan fingerprint density at radius 3 is 2.50 bits per heavy atom. The lowest BCUT2D eigenvalue weighted by Gasteiger charge is -2.18. The first kappa shape index (κ1) is 18.6. The molecule has 6 heteroatoms. The van der Waals surface area contributed by atoms with E-state index in [4.69, 9.17) is 0 Å². The van der Waals surface area contributed by atoms with E-state index in [0.29, 0.717) is 5.69 Å². The number of anilines is 1. The van der Waals surface area contributed by atoms with Crippen LogP contribution in [0.3, 0.4) is 0 Å². The molecule has 138 valence electrons. The van der Waals surface area contributed by atoms with E-state index in [9.17, 15) is 13.2 Å². The van der Waals surface area contributed by atoms with Crippen molar-refractivity contribution in [3.8, 4) is 0 Å². The van der Waals surface area contributed by atoms with Gasteiger partial charge in [0.2, 0.25) is 15.9 Å². The maximum Gasteiger partial charge on any atom is 0.243 e. The highest BCUT2D eigenvalue weighted by molar-refractivity contribution is 7.89. The maximum absolute atomic E-state index is 12.7. The number of likely N-dealkylation sites (N-methyl/N-ethyl adjacent to an activating group) is 1. The second-order valence-corrected chi connectivity index (χ2v) is 8.94. The van der Waals surface area contributed by atoms with Crippen LogP contribution in [0, 0.1) is 13.8 Å². The molecule has 3 rings (SSSR count). The van der Waals surface area contributed by atoms with Crippen LogP contribution in [0.2, 0.25) is 0 Å². The molecular weight excluding hydrogens is 348 g/mol. The third-order valence-electron chi connectivity index (χ3n) is 4.94. The fourth-order valence-corrected chi connectivity index (χ4v) is 4.40. The Kier molecular flexibility index (Phi) is 5.16. The second kappa shape index (κ2) is 7.21. The minimum absolute atomic E-state index is 0.202. The predicted octanol–water partition coefficient (Wildman–Crippen LogP) is 3.05. The van der Waals surface area contributed by atoms with Crippen molar-refractivity contribution >= 4 is 21.6 Å². The molecule has 0 saturated carbocycles. The summed E-state index contributed by atoms with van der Waals surface area (Å²) >= 11 is 0. The standard InChI is InChI=1S/C20H24N2O3S/c1-14-7-10-19(11-15(14)2)26(24,25)22(3)13-20(23)21-18-9-8-16-5-4-6-17(16)12-18/h7-12H,4-6,13H2,1-3H3,(H,21,23). The molecule has 0 saturated heterocycles. The van der Waals surface area contributed by atoms with E-state index in [0.717, 1.165) is 34.7 Å². The number of nitrogens with one attached hydrogen (secondary N) is 1. The van der Waals surface area contributed by atoms with Gasteiger partial charge in [-0.25, -0.2) is 8.42 Å². The summed E-state index contributed by atoms with van der Waals surface area (Å²) < 4.78 is 26.4. The number of rotatable bonds is 5. The van der Waals surface area contributed by atoms with Crippen LogP contribution in [-0.2, 0) is 27.7 Å². The number of aryl methyl sites for hydroxylation is 4. The van der Waals surface area contributed by atoms with Crippen LogP contribution in [0.5, 0.6) is 0 Å². The van der Waals surface area contributed by atoms with Crippen molar-refractivity contribution in [1.82, 2.24) is 4.31 Å². The maximum atomic E-state index is 12.7. The lowest BCUT2D eigenvalue weighted by Crippen LogP contribution is -2.35. The number of fused-ring (bicyclic) bond motifs is 1. The molecule has 0 fully saturated rings.